The number of hydrogen-bond donors (Lipinski definition) is 1. The third kappa shape index (κ3) is 9.38. The van der Waals surface area contributed by atoms with Crippen LogP contribution in [0.3, 0.4) is 0 Å². The molecule has 0 aliphatic heterocycles. The summed E-state index contributed by atoms with van der Waals surface area (Å²) in [6.45, 7) is 9.87. The topological polar surface area (TPSA) is 58.6 Å². The lowest BCUT2D eigenvalue weighted by molar-refractivity contribution is 0.135. The molecule has 0 heterocycles. The van der Waals surface area contributed by atoms with E-state index in [2.05, 4.69) is 12.2 Å². The van der Waals surface area contributed by atoms with E-state index in [1.807, 2.05) is 13.8 Å². The Bertz CT molecular complexity index is 294. The van der Waals surface area contributed by atoms with Gasteiger partial charge < -0.3 is 10.1 Å². The minimum absolute atomic E-state index is 0.237. The van der Waals surface area contributed by atoms with E-state index in [0.29, 0.717) is 32.7 Å². The summed E-state index contributed by atoms with van der Waals surface area (Å²) in [4.78, 5) is 0. The monoisotopic (exact) mass is 294 g/mol. The molecule has 0 bridgehead atoms. The van der Waals surface area contributed by atoms with Gasteiger partial charge in [-0.2, -0.15) is 4.31 Å². The number of nitrogens with one attached hydrogen (secondary N) is 1. The van der Waals surface area contributed by atoms with Gasteiger partial charge in [-0.1, -0.05) is 13.8 Å². The van der Waals surface area contributed by atoms with Crippen LogP contribution in [0, 0.1) is 0 Å². The molecule has 0 rings (SSSR count). The fourth-order valence-corrected chi connectivity index (χ4v) is 3.34. The fourth-order valence-electron chi connectivity index (χ4n) is 1.77. The summed E-state index contributed by atoms with van der Waals surface area (Å²) in [7, 11) is -3.12. The van der Waals surface area contributed by atoms with E-state index in [4.69, 9.17) is 4.74 Å². The standard InChI is InChI=1S/C13H30N2O3S/c1-4-9-14-10-7-8-13-19(16,17)15(5-2)11-12-18-6-3/h14H,4-13H2,1-3H3. The van der Waals surface area contributed by atoms with Gasteiger partial charge in [-0.15, -0.1) is 0 Å². The van der Waals surface area contributed by atoms with Gasteiger partial charge in [0.25, 0.3) is 0 Å². The maximum Gasteiger partial charge on any atom is 0.214 e. The van der Waals surface area contributed by atoms with Crippen molar-refractivity contribution in [1.82, 2.24) is 9.62 Å². The molecule has 0 radical (unpaired) electrons. The van der Waals surface area contributed by atoms with Crippen LogP contribution in [0.2, 0.25) is 0 Å². The van der Waals surface area contributed by atoms with E-state index >= 15 is 0 Å². The van der Waals surface area contributed by atoms with Gasteiger partial charge in [-0.05, 0) is 39.3 Å². The highest BCUT2D eigenvalue weighted by Gasteiger charge is 2.19. The zero-order valence-corrected chi connectivity index (χ0v) is 13.5. The van der Waals surface area contributed by atoms with Gasteiger partial charge in [0.05, 0.1) is 12.4 Å². The zero-order valence-electron chi connectivity index (χ0n) is 12.7. The van der Waals surface area contributed by atoms with Crippen molar-refractivity contribution >= 4 is 10.0 Å². The van der Waals surface area contributed by atoms with Crippen LogP contribution in [0.1, 0.15) is 40.0 Å². The molecule has 0 saturated carbocycles. The van der Waals surface area contributed by atoms with Gasteiger partial charge in [0.15, 0.2) is 0 Å². The van der Waals surface area contributed by atoms with Crippen molar-refractivity contribution < 1.29 is 13.2 Å². The van der Waals surface area contributed by atoms with Gasteiger partial charge in [-0.3, -0.25) is 0 Å². The Morgan fingerprint density at radius 3 is 2.42 bits per heavy atom. The van der Waals surface area contributed by atoms with Crippen molar-refractivity contribution in [3.63, 3.8) is 0 Å². The summed E-state index contributed by atoms with van der Waals surface area (Å²) in [5.41, 5.74) is 0. The number of nitrogens with zero attached hydrogens (tertiary/aromatic N) is 1. The van der Waals surface area contributed by atoms with Crippen LogP contribution in [-0.4, -0.2) is 57.9 Å². The molecule has 0 aliphatic carbocycles. The lowest BCUT2D eigenvalue weighted by atomic mass is 10.3. The summed E-state index contributed by atoms with van der Waals surface area (Å²) in [6, 6.07) is 0. The summed E-state index contributed by atoms with van der Waals surface area (Å²) in [5, 5.41) is 3.28. The van der Waals surface area contributed by atoms with E-state index in [1.54, 1.807) is 0 Å². The predicted molar refractivity (Wildman–Crippen MR) is 79.9 cm³/mol. The average molecular weight is 294 g/mol. The Morgan fingerprint density at radius 2 is 1.84 bits per heavy atom. The molecule has 5 nitrogen and oxygen atoms in total. The molecule has 0 aromatic heterocycles. The molecule has 0 unspecified atom stereocenters. The Hall–Kier alpha value is -0.170. The van der Waals surface area contributed by atoms with Crippen LogP contribution in [-0.2, 0) is 14.8 Å². The third-order valence-electron chi connectivity index (χ3n) is 2.87. The molecule has 0 amide bonds. The molecule has 116 valence electrons. The molecule has 0 atom stereocenters. The molecule has 0 aliphatic rings. The van der Waals surface area contributed by atoms with E-state index in [0.717, 1.165) is 25.9 Å². The number of hydrogen-bond acceptors (Lipinski definition) is 4. The smallest absolute Gasteiger partial charge is 0.214 e. The quantitative estimate of drug-likeness (QED) is 0.522. The van der Waals surface area contributed by atoms with Crippen LogP contribution < -0.4 is 5.32 Å². The van der Waals surface area contributed by atoms with Gasteiger partial charge >= 0.3 is 0 Å². The third-order valence-corrected chi connectivity index (χ3v) is 4.90. The van der Waals surface area contributed by atoms with Gasteiger partial charge in [0.1, 0.15) is 0 Å². The van der Waals surface area contributed by atoms with E-state index in [1.165, 1.54) is 4.31 Å². The van der Waals surface area contributed by atoms with Crippen molar-refractivity contribution in [1.29, 1.82) is 0 Å². The number of sulfonamides is 1. The first-order valence-electron chi connectivity index (χ1n) is 7.34. The van der Waals surface area contributed by atoms with Crippen molar-refractivity contribution in [2.24, 2.45) is 0 Å². The van der Waals surface area contributed by atoms with Crippen molar-refractivity contribution in [3.8, 4) is 0 Å². The normalized spacial score (nSPS) is 12.2. The van der Waals surface area contributed by atoms with Crippen molar-refractivity contribution in [3.05, 3.63) is 0 Å². The van der Waals surface area contributed by atoms with Gasteiger partial charge in [0.2, 0.25) is 10.0 Å². The number of unbranched alkanes of at least 4 members (excludes halogenated alkanes) is 1. The molecular formula is C13H30N2O3S. The maximum absolute atomic E-state index is 12.1. The molecular weight excluding hydrogens is 264 g/mol. The van der Waals surface area contributed by atoms with Crippen LogP contribution in [0.25, 0.3) is 0 Å². The Balaban J connectivity index is 3.91. The second-order valence-electron chi connectivity index (χ2n) is 4.46. The molecule has 1 N–H and O–H groups in total. The Morgan fingerprint density at radius 1 is 1.11 bits per heavy atom. The zero-order chi connectivity index (χ0) is 14.6. The number of ether oxygens (including phenoxy) is 1. The molecule has 0 saturated heterocycles. The first-order valence-corrected chi connectivity index (χ1v) is 8.95. The predicted octanol–water partition coefficient (Wildman–Crippen LogP) is 1.45. The first-order chi connectivity index (χ1) is 9.08. The summed E-state index contributed by atoms with van der Waals surface area (Å²) in [6.07, 6.45) is 2.73. The molecule has 0 aromatic rings. The van der Waals surface area contributed by atoms with Crippen LogP contribution in [0.5, 0.6) is 0 Å². The molecule has 19 heavy (non-hydrogen) atoms. The van der Waals surface area contributed by atoms with Crippen LogP contribution >= 0.6 is 0 Å². The average Bonchev–Trinajstić information content (AvgIpc) is 2.38. The minimum atomic E-state index is -3.12. The highest BCUT2D eigenvalue weighted by Crippen LogP contribution is 2.04. The lowest BCUT2D eigenvalue weighted by Crippen LogP contribution is -2.35. The minimum Gasteiger partial charge on any atom is -0.380 e. The second kappa shape index (κ2) is 11.6. The van der Waals surface area contributed by atoms with E-state index in [9.17, 15) is 8.42 Å². The highest BCUT2D eigenvalue weighted by atomic mass is 32.2. The molecule has 0 spiro atoms. The molecule has 0 fully saturated rings. The number of likely N-dealkylation sites (N-methyl/N-ethyl adjacent to an activating group) is 1. The number of rotatable bonds is 13. The van der Waals surface area contributed by atoms with E-state index in [-0.39, 0.29) is 5.75 Å². The molecule has 0 aromatic carbocycles. The Labute approximate surface area is 118 Å². The summed E-state index contributed by atoms with van der Waals surface area (Å²) in [5.74, 6) is 0.237. The lowest BCUT2D eigenvalue weighted by Gasteiger charge is -2.20. The second-order valence-corrected chi connectivity index (χ2v) is 6.55. The van der Waals surface area contributed by atoms with Gasteiger partial charge in [0, 0.05) is 19.7 Å². The van der Waals surface area contributed by atoms with Crippen molar-refractivity contribution in [2.45, 2.75) is 40.0 Å². The fraction of sp³-hybridized carbons (Fsp3) is 1.00. The first kappa shape index (κ1) is 18.8. The highest BCUT2D eigenvalue weighted by molar-refractivity contribution is 7.89. The van der Waals surface area contributed by atoms with Gasteiger partial charge in [-0.25, -0.2) is 8.42 Å². The Kier molecular flexibility index (Phi) is 11.5. The summed E-state index contributed by atoms with van der Waals surface area (Å²) < 4.78 is 30.9. The van der Waals surface area contributed by atoms with Crippen LogP contribution in [0.4, 0.5) is 0 Å². The molecule has 6 heteroatoms. The maximum atomic E-state index is 12.1. The van der Waals surface area contributed by atoms with E-state index < -0.39 is 10.0 Å². The van der Waals surface area contributed by atoms with Crippen LogP contribution in [0.15, 0.2) is 0 Å². The summed E-state index contributed by atoms with van der Waals surface area (Å²) >= 11 is 0. The SMILES string of the molecule is CCCNCCCCS(=O)(=O)N(CC)CCOCC. The largest absolute Gasteiger partial charge is 0.380 e. The van der Waals surface area contributed by atoms with Crippen molar-refractivity contribution in [2.75, 3.05) is 45.1 Å².